The number of nitrogens with zero attached hydrogens (tertiary/aromatic N) is 1. The summed E-state index contributed by atoms with van der Waals surface area (Å²) in [6.07, 6.45) is 3.66. The summed E-state index contributed by atoms with van der Waals surface area (Å²) in [4.78, 5) is 4.41. The number of nitrogens with one attached hydrogen (secondary N) is 1. The quantitative estimate of drug-likeness (QED) is 0.673. The van der Waals surface area contributed by atoms with Crippen molar-refractivity contribution < 1.29 is 4.74 Å². The van der Waals surface area contributed by atoms with Crippen LogP contribution in [0.3, 0.4) is 0 Å². The maximum Gasteiger partial charge on any atom is 0.193 e. The Hall–Kier alpha value is -2.49. The van der Waals surface area contributed by atoms with E-state index in [1.165, 1.54) is 36.0 Å². The van der Waals surface area contributed by atoms with Crippen molar-refractivity contribution in [1.82, 2.24) is 0 Å². The molecule has 4 heteroatoms. The van der Waals surface area contributed by atoms with E-state index in [9.17, 15) is 0 Å². The molecule has 2 aromatic rings. The topological polar surface area (TPSA) is 59.6 Å². The fraction of sp³-hybridized carbons (Fsp3) is 0.278. The molecule has 0 radical (unpaired) electrons. The molecule has 1 aliphatic rings. The Morgan fingerprint density at radius 1 is 1.18 bits per heavy atom. The maximum absolute atomic E-state index is 5.96. The van der Waals surface area contributed by atoms with Gasteiger partial charge in [-0.25, -0.2) is 4.99 Å². The van der Waals surface area contributed by atoms with Crippen molar-refractivity contribution >= 4 is 11.6 Å². The van der Waals surface area contributed by atoms with Crippen molar-refractivity contribution in [2.24, 2.45) is 10.7 Å². The molecule has 3 rings (SSSR count). The third kappa shape index (κ3) is 3.39. The first-order valence-electron chi connectivity index (χ1n) is 7.56. The summed E-state index contributed by atoms with van der Waals surface area (Å²) < 4.78 is 5.19. The standard InChI is InChI=1S/C18H21N3O/c1-22-17-7-3-6-16(11-17)21-18(19)20-12-13-8-9-14-4-2-5-15(14)10-13/h3,6-11H,2,4-5,12H2,1H3,(H3,19,20,21). The van der Waals surface area contributed by atoms with Gasteiger partial charge in [0.05, 0.1) is 13.7 Å². The van der Waals surface area contributed by atoms with Crippen LogP contribution in [0.25, 0.3) is 0 Å². The predicted octanol–water partition coefficient (Wildman–Crippen LogP) is 3.11. The van der Waals surface area contributed by atoms with Gasteiger partial charge in [-0.3, -0.25) is 0 Å². The average Bonchev–Trinajstić information content (AvgIpc) is 3.00. The van der Waals surface area contributed by atoms with Crippen molar-refractivity contribution in [3.05, 3.63) is 59.2 Å². The van der Waals surface area contributed by atoms with E-state index in [0.29, 0.717) is 12.5 Å². The highest BCUT2D eigenvalue weighted by atomic mass is 16.5. The van der Waals surface area contributed by atoms with Crippen LogP contribution in [0.1, 0.15) is 23.1 Å². The minimum absolute atomic E-state index is 0.411. The molecule has 22 heavy (non-hydrogen) atoms. The number of nitrogens with two attached hydrogens (primary N) is 1. The van der Waals surface area contributed by atoms with Crippen LogP contribution in [-0.2, 0) is 19.4 Å². The fourth-order valence-electron chi connectivity index (χ4n) is 2.79. The smallest absolute Gasteiger partial charge is 0.193 e. The molecule has 0 spiro atoms. The van der Waals surface area contributed by atoms with E-state index in [2.05, 4.69) is 28.5 Å². The zero-order valence-corrected chi connectivity index (χ0v) is 12.8. The highest BCUT2D eigenvalue weighted by molar-refractivity contribution is 5.92. The molecule has 2 aromatic carbocycles. The van der Waals surface area contributed by atoms with Gasteiger partial charge < -0.3 is 15.8 Å². The van der Waals surface area contributed by atoms with Gasteiger partial charge in [0.2, 0.25) is 0 Å². The molecular weight excluding hydrogens is 274 g/mol. The number of aliphatic imine (C=N–C) groups is 1. The number of rotatable bonds is 4. The molecule has 0 saturated carbocycles. The largest absolute Gasteiger partial charge is 0.497 e. The van der Waals surface area contributed by atoms with Gasteiger partial charge in [0.1, 0.15) is 5.75 Å². The normalized spacial score (nSPS) is 13.8. The van der Waals surface area contributed by atoms with Crippen LogP contribution in [0.2, 0.25) is 0 Å². The summed E-state index contributed by atoms with van der Waals surface area (Å²) in [5, 5.41) is 3.09. The highest BCUT2D eigenvalue weighted by Gasteiger charge is 2.10. The lowest BCUT2D eigenvalue weighted by molar-refractivity contribution is 0.415. The number of benzene rings is 2. The van der Waals surface area contributed by atoms with E-state index in [4.69, 9.17) is 10.5 Å². The SMILES string of the molecule is COc1cccc(NC(N)=NCc2ccc3c(c2)CCC3)c1. The van der Waals surface area contributed by atoms with Gasteiger partial charge in [0, 0.05) is 11.8 Å². The molecule has 1 aliphatic carbocycles. The number of hydrogen-bond acceptors (Lipinski definition) is 2. The number of hydrogen-bond donors (Lipinski definition) is 2. The Kier molecular flexibility index (Phi) is 4.28. The Morgan fingerprint density at radius 3 is 2.91 bits per heavy atom. The molecule has 4 nitrogen and oxygen atoms in total. The van der Waals surface area contributed by atoms with Crippen LogP contribution in [0.4, 0.5) is 5.69 Å². The highest BCUT2D eigenvalue weighted by Crippen LogP contribution is 2.23. The lowest BCUT2D eigenvalue weighted by Gasteiger charge is -2.08. The van der Waals surface area contributed by atoms with Gasteiger partial charge in [0.25, 0.3) is 0 Å². The summed E-state index contributed by atoms with van der Waals surface area (Å²) in [6.45, 7) is 0.593. The molecule has 0 aliphatic heterocycles. The first kappa shape index (κ1) is 14.4. The molecule has 0 fully saturated rings. The van der Waals surface area contributed by atoms with Gasteiger partial charge in [-0.05, 0) is 48.1 Å². The van der Waals surface area contributed by atoms with E-state index >= 15 is 0 Å². The number of aryl methyl sites for hydroxylation is 2. The summed E-state index contributed by atoms with van der Waals surface area (Å²) in [7, 11) is 1.64. The van der Waals surface area contributed by atoms with Crippen LogP contribution < -0.4 is 15.8 Å². The van der Waals surface area contributed by atoms with Crippen LogP contribution >= 0.6 is 0 Å². The lowest BCUT2D eigenvalue weighted by Crippen LogP contribution is -2.22. The monoisotopic (exact) mass is 295 g/mol. The molecule has 0 aromatic heterocycles. The van der Waals surface area contributed by atoms with E-state index < -0.39 is 0 Å². The first-order valence-corrected chi connectivity index (χ1v) is 7.56. The predicted molar refractivity (Wildman–Crippen MR) is 90.4 cm³/mol. The molecule has 0 bridgehead atoms. The third-order valence-corrected chi connectivity index (χ3v) is 3.94. The minimum atomic E-state index is 0.411. The van der Waals surface area contributed by atoms with Crippen molar-refractivity contribution in [3.8, 4) is 5.75 Å². The van der Waals surface area contributed by atoms with Crippen molar-refractivity contribution in [1.29, 1.82) is 0 Å². The van der Waals surface area contributed by atoms with Gasteiger partial charge in [-0.2, -0.15) is 0 Å². The molecule has 0 heterocycles. The zero-order chi connectivity index (χ0) is 15.4. The number of anilines is 1. The number of guanidine groups is 1. The van der Waals surface area contributed by atoms with Crippen LogP contribution in [0.5, 0.6) is 5.75 Å². The zero-order valence-electron chi connectivity index (χ0n) is 12.8. The number of fused-ring (bicyclic) bond motifs is 1. The van der Waals surface area contributed by atoms with Crippen molar-refractivity contribution in [3.63, 3.8) is 0 Å². The van der Waals surface area contributed by atoms with Crippen LogP contribution in [0.15, 0.2) is 47.5 Å². The van der Waals surface area contributed by atoms with E-state index in [0.717, 1.165) is 11.4 Å². The molecule has 0 saturated heterocycles. The molecule has 0 amide bonds. The van der Waals surface area contributed by atoms with Crippen molar-refractivity contribution in [2.45, 2.75) is 25.8 Å². The average molecular weight is 295 g/mol. The Labute approximate surface area is 131 Å². The van der Waals surface area contributed by atoms with E-state index in [1.807, 2.05) is 24.3 Å². The van der Waals surface area contributed by atoms with E-state index in [-0.39, 0.29) is 0 Å². The van der Waals surface area contributed by atoms with Gasteiger partial charge in [-0.15, -0.1) is 0 Å². The summed E-state index contributed by atoms with van der Waals surface area (Å²) >= 11 is 0. The molecule has 3 N–H and O–H groups in total. The number of ether oxygens (including phenoxy) is 1. The van der Waals surface area contributed by atoms with Gasteiger partial charge in [0.15, 0.2) is 5.96 Å². The van der Waals surface area contributed by atoms with Crippen LogP contribution in [0, 0.1) is 0 Å². The Balaban J connectivity index is 1.64. The fourth-order valence-corrected chi connectivity index (χ4v) is 2.79. The Bertz CT molecular complexity index is 694. The summed E-state index contributed by atoms with van der Waals surface area (Å²) in [6, 6.07) is 14.2. The second kappa shape index (κ2) is 6.52. The molecule has 114 valence electrons. The molecule has 0 atom stereocenters. The van der Waals surface area contributed by atoms with Gasteiger partial charge in [-0.1, -0.05) is 24.3 Å². The van der Waals surface area contributed by atoms with E-state index in [1.54, 1.807) is 7.11 Å². The molecular formula is C18H21N3O. The summed E-state index contributed by atoms with van der Waals surface area (Å²) in [5.41, 5.74) is 11.0. The third-order valence-electron chi connectivity index (χ3n) is 3.94. The Morgan fingerprint density at radius 2 is 2.05 bits per heavy atom. The maximum atomic E-state index is 5.96. The molecule has 0 unspecified atom stereocenters. The second-order valence-electron chi connectivity index (χ2n) is 5.52. The summed E-state index contributed by atoms with van der Waals surface area (Å²) in [5.74, 6) is 1.20. The minimum Gasteiger partial charge on any atom is -0.497 e. The van der Waals surface area contributed by atoms with Crippen molar-refractivity contribution in [2.75, 3.05) is 12.4 Å². The van der Waals surface area contributed by atoms with Crippen LogP contribution in [-0.4, -0.2) is 13.1 Å². The number of methoxy groups -OCH3 is 1. The van der Waals surface area contributed by atoms with Gasteiger partial charge >= 0.3 is 0 Å². The lowest BCUT2D eigenvalue weighted by atomic mass is 10.1. The first-order chi connectivity index (χ1) is 10.7. The second-order valence-corrected chi connectivity index (χ2v) is 5.52.